The molecule has 1 aromatic rings. The van der Waals surface area contributed by atoms with Crippen LogP contribution >= 0.6 is 0 Å². The second-order valence-corrected chi connectivity index (χ2v) is 6.68. The highest BCUT2D eigenvalue weighted by Gasteiger charge is 2.28. The molecule has 0 unspecified atom stereocenters. The van der Waals surface area contributed by atoms with E-state index in [2.05, 4.69) is 6.07 Å². The average molecular weight is 309 g/mol. The van der Waals surface area contributed by atoms with Crippen LogP contribution in [0.2, 0.25) is 0 Å². The number of nitrogens with zero attached hydrogens (tertiary/aromatic N) is 3. The van der Waals surface area contributed by atoms with E-state index in [4.69, 9.17) is 10.00 Å². The van der Waals surface area contributed by atoms with Crippen molar-refractivity contribution < 1.29 is 13.2 Å². The van der Waals surface area contributed by atoms with Gasteiger partial charge < -0.3 is 4.74 Å². The van der Waals surface area contributed by atoms with E-state index in [-0.39, 0.29) is 4.90 Å². The lowest BCUT2D eigenvalue weighted by Crippen LogP contribution is -2.48. The molecule has 1 saturated heterocycles. The molecule has 1 heterocycles. The molecule has 114 valence electrons. The van der Waals surface area contributed by atoms with Gasteiger partial charge in [0, 0.05) is 26.2 Å². The molecule has 1 aliphatic rings. The lowest BCUT2D eigenvalue weighted by atomic mass is 10.3. The van der Waals surface area contributed by atoms with Gasteiger partial charge in [-0.15, -0.1) is 0 Å². The van der Waals surface area contributed by atoms with E-state index in [9.17, 15) is 8.42 Å². The summed E-state index contributed by atoms with van der Waals surface area (Å²) in [5.41, 5.74) is 0. The van der Waals surface area contributed by atoms with Crippen molar-refractivity contribution in [2.75, 3.05) is 39.3 Å². The van der Waals surface area contributed by atoms with E-state index in [1.165, 1.54) is 4.31 Å². The summed E-state index contributed by atoms with van der Waals surface area (Å²) < 4.78 is 31.8. The summed E-state index contributed by atoms with van der Waals surface area (Å²) in [7, 11) is -3.46. The molecule has 2 rings (SSSR count). The normalized spacial score (nSPS) is 17.3. The van der Waals surface area contributed by atoms with Crippen LogP contribution in [0.25, 0.3) is 0 Å². The predicted octanol–water partition coefficient (Wildman–Crippen LogP) is 0.915. The van der Waals surface area contributed by atoms with Crippen molar-refractivity contribution in [2.45, 2.75) is 11.8 Å². The fraction of sp³-hybridized carbons (Fsp3) is 0.500. The maximum absolute atomic E-state index is 12.5. The fourth-order valence-corrected chi connectivity index (χ4v) is 3.67. The van der Waals surface area contributed by atoms with E-state index < -0.39 is 10.0 Å². The van der Waals surface area contributed by atoms with Gasteiger partial charge in [0.05, 0.1) is 24.1 Å². The summed E-state index contributed by atoms with van der Waals surface area (Å²) in [6.45, 7) is 4.78. The van der Waals surface area contributed by atoms with Crippen molar-refractivity contribution in [3.8, 4) is 11.8 Å². The molecule has 0 N–H and O–H groups in total. The molecule has 1 aliphatic heterocycles. The minimum absolute atomic E-state index is 0.277. The Bertz CT molecular complexity index is 599. The van der Waals surface area contributed by atoms with E-state index in [1.807, 2.05) is 11.8 Å². The second kappa shape index (κ2) is 6.89. The van der Waals surface area contributed by atoms with Crippen molar-refractivity contribution in [2.24, 2.45) is 0 Å². The van der Waals surface area contributed by atoms with Crippen molar-refractivity contribution in [3.63, 3.8) is 0 Å². The molecule has 7 heteroatoms. The Labute approximate surface area is 125 Å². The molecular weight excluding hydrogens is 290 g/mol. The summed E-state index contributed by atoms with van der Waals surface area (Å²) in [5.74, 6) is 0.662. The second-order valence-electron chi connectivity index (χ2n) is 4.74. The maximum Gasteiger partial charge on any atom is 0.243 e. The molecule has 0 aliphatic carbocycles. The number of rotatable bonds is 5. The molecule has 0 bridgehead atoms. The summed E-state index contributed by atoms with van der Waals surface area (Å²) in [6, 6.07) is 8.57. The molecule has 0 saturated carbocycles. The van der Waals surface area contributed by atoms with Gasteiger partial charge in [0.2, 0.25) is 10.0 Å². The first-order valence-corrected chi connectivity index (χ1v) is 8.34. The van der Waals surface area contributed by atoms with Crippen LogP contribution in [-0.4, -0.2) is 57.0 Å². The molecule has 21 heavy (non-hydrogen) atoms. The topological polar surface area (TPSA) is 73.6 Å². The lowest BCUT2D eigenvalue weighted by molar-refractivity contribution is 0.206. The van der Waals surface area contributed by atoms with Crippen LogP contribution in [0, 0.1) is 11.3 Å². The largest absolute Gasteiger partial charge is 0.494 e. The quantitative estimate of drug-likeness (QED) is 0.756. The first-order valence-electron chi connectivity index (χ1n) is 6.90. The zero-order valence-corrected chi connectivity index (χ0v) is 12.8. The van der Waals surface area contributed by atoms with Gasteiger partial charge >= 0.3 is 0 Å². The molecule has 1 fully saturated rings. The lowest BCUT2D eigenvalue weighted by Gasteiger charge is -2.32. The van der Waals surface area contributed by atoms with Gasteiger partial charge in [0.15, 0.2) is 0 Å². The Morgan fingerprint density at radius 2 is 1.81 bits per heavy atom. The summed E-state index contributed by atoms with van der Waals surface area (Å²) in [6.07, 6.45) is 0. The van der Waals surface area contributed by atoms with Crippen molar-refractivity contribution in [1.29, 1.82) is 5.26 Å². The third-order valence-electron chi connectivity index (χ3n) is 3.40. The van der Waals surface area contributed by atoms with E-state index in [0.29, 0.717) is 45.1 Å². The van der Waals surface area contributed by atoms with Crippen LogP contribution in [0.1, 0.15) is 6.92 Å². The van der Waals surface area contributed by atoms with E-state index >= 15 is 0 Å². The first kappa shape index (κ1) is 15.8. The Kier molecular flexibility index (Phi) is 5.17. The smallest absolute Gasteiger partial charge is 0.243 e. The third kappa shape index (κ3) is 3.73. The number of hydrogen-bond donors (Lipinski definition) is 0. The number of hydrogen-bond acceptors (Lipinski definition) is 5. The number of ether oxygens (including phenoxy) is 1. The number of benzene rings is 1. The molecule has 0 spiro atoms. The van der Waals surface area contributed by atoms with Gasteiger partial charge in [-0.2, -0.15) is 9.57 Å². The molecule has 1 aromatic carbocycles. The fourth-order valence-electron chi connectivity index (χ4n) is 2.25. The monoisotopic (exact) mass is 309 g/mol. The van der Waals surface area contributed by atoms with E-state index in [0.717, 1.165) is 0 Å². The van der Waals surface area contributed by atoms with E-state index in [1.54, 1.807) is 24.3 Å². The SMILES string of the molecule is CCOc1ccc(S(=O)(=O)N2CCN(CC#N)CC2)cc1. The van der Waals surface area contributed by atoms with Crippen molar-refractivity contribution in [3.05, 3.63) is 24.3 Å². The van der Waals surface area contributed by atoms with Crippen molar-refractivity contribution in [1.82, 2.24) is 9.21 Å². The van der Waals surface area contributed by atoms with Gasteiger partial charge in [0.25, 0.3) is 0 Å². The van der Waals surface area contributed by atoms with Crippen LogP contribution in [0.4, 0.5) is 0 Å². The van der Waals surface area contributed by atoms with Gasteiger partial charge in [0.1, 0.15) is 5.75 Å². The zero-order chi connectivity index (χ0) is 15.3. The first-order chi connectivity index (χ1) is 10.1. The highest BCUT2D eigenvalue weighted by molar-refractivity contribution is 7.89. The minimum atomic E-state index is -3.46. The number of sulfonamides is 1. The van der Waals surface area contributed by atoms with Crippen LogP contribution in [-0.2, 0) is 10.0 Å². The predicted molar refractivity (Wildman–Crippen MR) is 78.4 cm³/mol. The van der Waals surface area contributed by atoms with Gasteiger partial charge in [-0.05, 0) is 31.2 Å². The van der Waals surface area contributed by atoms with Gasteiger partial charge in [-0.25, -0.2) is 8.42 Å². The Morgan fingerprint density at radius 3 is 2.33 bits per heavy atom. The molecule has 0 radical (unpaired) electrons. The Balaban J connectivity index is 2.07. The van der Waals surface area contributed by atoms with Crippen molar-refractivity contribution >= 4 is 10.0 Å². The Morgan fingerprint density at radius 1 is 1.19 bits per heavy atom. The highest BCUT2D eigenvalue weighted by Crippen LogP contribution is 2.20. The minimum Gasteiger partial charge on any atom is -0.494 e. The van der Waals surface area contributed by atoms with Crippen LogP contribution in [0.5, 0.6) is 5.75 Å². The maximum atomic E-state index is 12.5. The van der Waals surface area contributed by atoms with Crippen LogP contribution in [0.3, 0.4) is 0 Å². The molecule has 0 amide bonds. The summed E-state index contributed by atoms with van der Waals surface area (Å²) in [5, 5.41) is 8.66. The van der Waals surface area contributed by atoms with Gasteiger partial charge in [-0.3, -0.25) is 4.90 Å². The summed E-state index contributed by atoms with van der Waals surface area (Å²) in [4.78, 5) is 2.23. The third-order valence-corrected chi connectivity index (χ3v) is 5.31. The standard InChI is InChI=1S/C14H19N3O3S/c1-2-20-13-3-5-14(6-4-13)21(18,19)17-11-9-16(8-7-15)10-12-17/h3-6H,2,8-12H2,1H3. The summed E-state index contributed by atoms with van der Waals surface area (Å²) >= 11 is 0. The molecule has 0 aromatic heterocycles. The number of nitriles is 1. The number of piperazine rings is 1. The Hall–Kier alpha value is -1.62. The van der Waals surface area contributed by atoms with Gasteiger partial charge in [-0.1, -0.05) is 0 Å². The van der Waals surface area contributed by atoms with Crippen LogP contribution in [0.15, 0.2) is 29.2 Å². The molecule has 0 atom stereocenters. The zero-order valence-electron chi connectivity index (χ0n) is 12.0. The highest BCUT2D eigenvalue weighted by atomic mass is 32.2. The molecule has 6 nitrogen and oxygen atoms in total. The average Bonchev–Trinajstić information content (AvgIpc) is 2.49. The molecular formula is C14H19N3O3S. The van der Waals surface area contributed by atoms with Crippen LogP contribution < -0.4 is 4.74 Å².